The van der Waals surface area contributed by atoms with Crippen LogP contribution in [0.5, 0.6) is 0 Å². The third kappa shape index (κ3) is 4.96. The van der Waals surface area contributed by atoms with Crippen LogP contribution in [0.25, 0.3) is 0 Å². The van der Waals surface area contributed by atoms with Crippen molar-refractivity contribution < 1.29 is 18.4 Å². The number of carbonyl (C=O) groups excluding carboxylic acids is 2. The largest absolute Gasteiger partial charge is 0.327 e. The van der Waals surface area contributed by atoms with Gasteiger partial charge in [-0.05, 0) is 30.0 Å². The van der Waals surface area contributed by atoms with Gasteiger partial charge in [-0.15, -0.1) is 11.3 Å². The molecular weight excluding hydrogens is 420 g/mol. The molecule has 8 heteroatoms. The number of anilines is 1. The molecule has 0 bridgehead atoms. The number of rotatable bonds is 6. The molecular formula is C23H21F2N3O2S. The summed E-state index contributed by atoms with van der Waals surface area (Å²) in [7, 11) is 0. The highest BCUT2D eigenvalue weighted by Crippen LogP contribution is 2.29. The molecule has 160 valence electrons. The maximum atomic E-state index is 13.9. The molecule has 3 aromatic rings. The molecule has 2 aromatic carbocycles. The molecule has 0 aliphatic carbocycles. The Morgan fingerprint density at radius 2 is 1.97 bits per heavy atom. The van der Waals surface area contributed by atoms with Crippen molar-refractivity contribution in [1.82, 2.24) is 9.88 Å². The van der Waals surface area contributed by atoms with Crippen LogP contribution in [0.2, 0.25) is 0 Å². The van der Waals surface area contributed by atoms with Crippen LogP contribution in [-0.2, 0) is 16.0 Å². The second kappa shape index (κ2) is 9.34. The minimum Gasteiger partial charge on any atom is -0.327 e. The molecule has 1 aliphatic heterocycles. The van der Waals surface area contributed by atoms with E-state index in [9.17, 15) is 18.4 Å². The number of thiazole rings is 1. The summed E-state index contributed by atoms with van der Waals surface area (Å²) < 4.78 is 27.0. The van der Waals surface area contributed by atoms with E-state index in [0.29, 0.717) is 23.7 Å². The van der Waals surface area contributed by atoms with E-state index in [1.165, 1.54) is 23.5 Å². The highest BCUT2D eigenvalue weighted by Gasteiger charge is 2.33. The number of nitrogens with one attached hydrogen (secondary N) is 1. The number of benzene rings is 2. The van der Waals surface area contributed by atoms with Crippen LogP contribution in [-0.4, -0.2) is 28.2 Å². The summed E-state index contributed by atoms with van der Waals surface area (Å²) in [4.78, 5) is 32.3. The number of aromatic nitrogens is 1. The first-order valence-electron chi connectivity index (χ1n) is 10.0. The fraction of sp³-hybridized carbons (Fsp3) is 0.261. The Labute approximate surface area is 182 Å². The fourth-order valence-corrected chi connectivity index (χ4v) is 4.52. The Kier molecular flexibility index (Phi) is 6.36. The summed E-state index contributed by atoms with van der Waals surface area (Å²) in [6.07, 6.45) is 3.92. The van der Waals surface area contributed by atoms with E-state index >= 15 is 0 Å². The second-order valence-electron chi connectivity index (χ2n) is 7.39. The summed E-state index contributed by atoms with van der Waals surface area (Å²) >= 11 is 1.22. The number of halogens is 2. The van der Waals surface area contributed by atoms with Gasteiger partial charge in [0.1, 0.15) is 17.7 Å². The molecule has 1 aliphatic rings. The van der Waals surface area contributed by atoms with Gasteiger partial charge >= 0.3 is 0 Å². The van der Waals surface area contributed by atoms with E-state index in [2.05, 4.69) is 10.3 Å². The number of hydrogen-bond acceptors (Lipinski definition) is 4. The van der Waals surface area contributed by atoms with Crippen LogP contribution >= 0.6 is 11.3 Å². The minimum atomic E-state index is -0.740. The monoisotopic (exact) mass is 441 g/mol. The average Bonchev–Trinajstić information content (AvgIpc) is 3.19. The predicted molar refractivity (Wildman–Crippen MR) is 115 cm³/mol. The molecule has 0 saturated carbocycles. The van der Waals surface area contributed by atoms with Crippen LogP contribution in [0.4, 0.5) is 13.9 Å². The highest BCUT2D eigenvalue weighted by molar-refractivity contribution is 7.15. The molecule has 31 heavy (non-hydrogen) atoms. The first-order chi connectivity index (χ1) is 15.0. The molecule has 1 N–H and O–H groups in total. The lowest BCUT2D eigenvalue weighted by Gasteiger charge is -2.33. The lowest BCUT2D eigenvalue weighted by atomic mass is 10.0. The van der Waals surface area contributed by atoms with Crippen molar-refractivity contribution in [2.45, 2.75) is 31.7 Å². The fourth-order valence-electron chi connectivity index (χ4n) is 3.68. The van der Waals surface area contributed by atoms with Crippen molar-refractivity contribution in [3.05, 3.63) is 82.4 Å². The molecule has 1 saturated heterocycles. The van der Waals surface area contributed by atoms with Gasteiger partial charge in [0.15, 0.2) is 5.13 Å². The smallest absolute Gasteiger partial charge is 0.253 e. The lowest BCUT2D eigenvalue weighted by Crippen LogP contribution is -2.43. The Morgan fingerprint density at radius 1 is 1.16 bits per heavy atom. The standard InChI is InChI=1S/C23H21F2N3O2S/c24-17-10-9-16(19(25)13-17)12-18-14-26-23(31-18)27-22(30)21(15-6-2-1-3-7-15)28-11-5-4-8-20(28)29/h1-3,6-7,9-10,13-14,21H,4-5,8,11-12H2,(H,26,27,30). The molecule has 0 radical (unpaired) electrons. The van der Waals surface area contributed by atoms with Gasteiger partial charge in [-0.2, -0.15) is 0 Å². The lowest BCUT2D eigenvalue weighted by molar-refractivity contribution is -0.141. The van der Waals surface area contributed by atoms with Crippen molar-refractivity contribution in [3.8, 4) is 0 Å². The van der Waals surface area contributed by atoms with Gasteiger partial charge < -0.3 is 4.90 Å². The Hall–Kier alpha value is -3.13. The van der Waals surface area contributed by atoms with E-state index in [1.54, 1.807) is 11.1 Å². The third-order valence-corrected chi connectivity index (χ3v) is 6.11. The topological polar surface area (TPSA) is 62.3 Å². The third-order valence-electron chi connectivity index (χ3n) is 5.20. The van der Waals surface area contributed by atoms with Gasteiger partial charge in [0.05, 0.1) is 0 Å². The van der Waals surface area contributed by atoms with Crippen molar-refractivity contribution in [3.63, 3.8) is 0 Å². The molecule has 4 rings (SSSR count). The van der Waals surface area contributed by atoms with E-state index in [0.717, 1.165) is 29.3 Å². The van der Waals surface area contributed by atoms with Gasteiger partial charge in [0, 0.05) is 36.5 Å². The number of nitrogens with zero attached hydrogens (tertiary/aromatic N) is 2. The summed E-state index contributed by atoms with van der Waals surface area (Å²) in [5, 5.41) is 3.18. The Balaban J connectivity index is 1.52. The molecule has 1 atom stereocenters. The Bertz CT molecular complexity index is 1090. The van der Waals surface area contributed by atoms with Gasteiger partial charge in [0.2, 0.25) is 5.91 Å². The van der Waals surface area contributed by atoms with E-state index < -0.39 is 17.7 Å². The van der Waals surface area contributed by atoms with Crippen molar-refractivity contribution in [1.29, 1.82) is 0 Å². The molecule has 1 unspecified atom stereocenters. The van der Waals surface area contributed by atoms with E-state index in [1.807, 2.05) is 30.3 Å². The van der Waals surface area contributed by atoms with Crippen LogP contribution in [0.15, 0.2) is 54.7 Å². The highest BCUT2D eigenvalue weighted by atomic mass is 32.1. The maximum absolute atomic E-state index is 13.9. The number of hydrogen-bond donors (Lipinski definition) is 1. The summed E-state index contributed by atoms with van der Waals surface area (Å²) in [6.45, 7) is 0.527. The van der Waals surface area contributed by atoms with Crippen LogP contribution in [0, 0.1) is 11.6 Å². The molecule has 2 amide bonds. The van der Waals surface area contributed by atoms with Gasteiger partial charge in [-0.3, -0.25) is 14.9 Å². The molecule has 0 spiro atoms. The second-order valence-corrected chi connectivity index (χ2v) is 8.51. The summed E-state index contributed by atoms with van der Waals surface area (Å²) in [5.74, 6) is -1.62. The van der Waals surface area contributed by atoms with E-state index in [-0.39, 0.29) is 18.2 Å². The average molecular weight is 442 g/mol. The van der Waals surface area contributed by atoms with Crippen LogP contribution in [0.1, 0.15) is 41.3 Å². The SMILES string of the molecule is O=C(Nc1ncc(Cc2ccc(F)cc2F)s1)C(c1ccccc1)N1CCCCC1=O. The number of carbonyl (C=O) groups is 2. The number of amides is 2. The van der Waals surface area contributed by atoms with Crippen LogP contribution < -0.4 is 5.32 Å². The zero-order chi connectivity index (χ0) is 21.8. The van der Waals surface area contributed by atoms with E-state index in [4.69, 9.17) is 0 Å². The number of piperidine rings is 1. The normalized spacial score (nSPS) is 15.0. The van der Waals surface area contributed by atoms with Gasteiger partial charge in [-0.25, -0.2) is 13.8 Å². The molecule has 5 nitrogen and oxygen atoms in total. The van der Waals surface area contributed by atoms with Crippen molar-refractivity contribution in [2.75, 3.05) is 11.9 Å². The molecule has 1 fully saturated rings. The first-order valence-corrected chi connectivity index (χ1v) is 10.9. The Morgan fingerprint density at radius 3 is 2.71 bits per heavy atom. The summed E-state index contributed by atoms with van der Waals surface area (Å²) in [5.41, 5.74) is 1.09. The van der Waals surface area contributed by atoms with Crippen LogP contribution in [0.3, 0.4) is 0 Å². The predicted octanol–water partition coefficient (Wildman–Crippen LogP) is 4.70. The molecule has 1 aromatic heterocycles. The van der Waals surface area contributed by atoms with Crippen molar-refractivity contribution >= 4 is 28.3 Å². The van der Waals surface area contributed by atoms with Crippen molar-refractivity contribution in [2.24, 2.45) is 0 Å². The maximum Gasteiger partial charge on any atom is 0.253 e. The minimum absolute atomic E-state index is 0.0399. The zero-order valence-electron chi connectivity index (χ0n) is 16.7. The summed E-state index contributed by atoms with van der Waals surface area (Å²) in [6, 6.07) is 11.9. The van der Waals surface area contributed by atoms with Gasteiger partial charge in [-0.1, -0.05) is 36.4 Å². The number of likely N-dealkylation sites (tertiary alicyclic amines) is 1. The zero-order valence-corrected chi connectivity index (χ0v) is 17.5. The molecule has 2 heterocycles. The first kappa shape index (κ1) is 21.1. The van der Waals surface area contributed by atoms with Gasteiger partial charge in [0.25, 0.3) is 5.91 Å². The quantitative estimate of drug-likeness (QED) is 0.603.